The predicted molar refractivity (Wildman–Crippen MR) is 102 cm³/mol. The van der Waals surface area contributed by atoms with Crippen molar-refractivity contribution in [2.75, 3.05) is 13.1 Å². The minimum Gasteiger partial charge on any atom is -0.472 e. The number of likely N-dealkylation sites (tertiary alicyclic amines) is 1. The molecule has 9 heteroatoms. The van der Waals surface area contributed by atoms with Crippen molar-refractivity contribution in [3.8, 4) is 5.88 Å². The zero-order chi connectivity index (χ0) is 21.5. The maximum Gasteiger partial charge on any atom is 0.416 e. The zero-order valence-electron chi connectivity index (χ0n) is 16.0. The van der Waals surface area contributed by atoms with Crippen LogP contribution in [-0.2, 0) is 11.0 Å². The first-order valence-electron chi connectivity index (χ1n) is 9.35. The monoisotopic (exact) mass is 417 g/mol. The summed E-state index contributed by atoms with van der Waals surface area (Å²) in [6, 6.07) is 8.90. The Morgan fingerprint density at radius 1 is 1.23 bits per heavy atom. The number of ether oxygens (including phenoxy) is 1. The maximum absolute atomic E-state index is 12.9. The number of aromatic amines is 1. The molecule has 1 N–H and O–H groups in total. The number of aromatic nitrogens is 2. The number of pyridine rings is 1. The number of para-hydroxylation sites is 1. The topological polar surface area (TPSA) is 75.3 Å². The molecule has 1 amide bonds. The lowest BCUT2D eigenvalue weighted by atomic mass is 10.1. The van der Waals surface area contributed by atoms with Crippen LogP contribution in [0.5, 0.6) is 5.88 Å². The Labute approximate surface area is 169 Å². The third-order valence-corrected chi connectivity index (χ3v) is 5.10. The number of halogens is 3. The lowest BCUT2D eigenvalue weighted by Gasteiger charge is -2.17. The molecule has 1 atom stereocenters. The molecule has 0 radical (unpaired) electrons. The van der Waals surface area contributed by atoms with Crippen molar-refractivity contribution in [2.45, 2.75) is 25.6 Å². The Morgan fingerprint density at radius 2 is 2.00 bits per heavy atom. The van der Waals surface area contributed by atoms with E-state index in [9.17, 15) is 22.8 Å². The average molecular weight is 417 g/mol. The number of hydrogen-bond acceptors (Lipinski definition) is 4. The summed E-state index contributed by atoms with van der Waals surface area (Å²) in [5.74, 6) is -1.45. The molecule has 3 aromatic rings. The molecule has 1 unspecified atom stereocenters. The number of aryl methyl sites for hydroxylation is 1. The highest BCUT2D eigenvalue weighted by Crippen LogP contribution is 2.31. The van der Waals surface area contributed by atoms with E-state index in [1.165, 1.54) is 4.90 Å². The van der Waals surface area contributed by atoms with Crippen LogP contribution < -0.4 is 4.74 Å². The first-order valence-corrected chi connectivity index (χ1v) is 9.35. The minimum atomic E-state index is -4.50. The molecule has 4 rings (SSSR count). The van der Waals surface area contributed by atoms with Crippen molar-refractivity contribution >= 4 is 22.6 Å². The number of benzene rings is 1. The van der Waals surface area contributed by atoms with Gasteiger partial charge >= 0.3 is 6.18 Å². The van der Waals surface area contributed by atoms with Crippen LogP contribution in [0.2, 0.25) is 0 Å². The van der Waals surface area contributed by atoms with E-state index in [4.69, 9.17) is 4.74 Å². The highest BCUT2D eigenvalue weighted by molar-refractivity contribution is 6.45. The van der Waals surface area contributed by atoms with Gasteiger partial charge in [-0.25, -0.2) is 4.98 Å². The van der Waals surface area contributed by atoms with Crippen LogP contribution in [0, 0.1) is 6.92 Å². The fourth-order valence-corrected chi connectivity index (χ4v) is 3.65. The molecule has 3 heterocycles. The Kier molecular flexibility index (Phi) is 4.97. The van der Waals surface area contributed by atoms with Gasteiger partial charge in [0.05, 0.1) is 17.7 Å². The van der Waals surface area contributed by atoms with Gasteiger partial charge in [-0.2, -0.15) is 13.2 Å². The average Bonchev–Trinajstić information content (AvgIpc) is 3.30. The summed E-state index contributed by atoms with van der Waals surface area (Å²) < 4.78 is 44.1. The molecule has 0 bridgehead atoms. The highest BCUT2D eigenvalue weighted by atomic mass is 19.4. The van der Waals surface area contributed by atoms with Crippen molar-refractivity contribution < 1.29 is 27.5 Å². The molecule has 1 fully saturated rings. The second-order valence-electron chi connectivity index (χ2n) is 7.16. The zero-order valence-corrected chi connectivity index (χ0v) is 16.0. The lowest BCUT2D eigenvalue weighted by molar-refractivity contribution is -0.137. The lowest BCUT2D eigenvalue weighted by Crippen LogP contribution is -2.36. The van der Waals surface area contributed by atoms with E-state index in [0.717, 1.165) is 23.8 Å². The summed E-state index contributed by atoms with van der Waals surface area (Å²) >= 11 is 0. The maximum atomic E-state index is 12.9. The number of amides is 1. The molecule has 1 aliphatic heterocycles. The molecule has 0 aliphatic carbocycles. The van der Waals surface area contributed by atoms with Crippen LogP contribution in [0.3, 0.4) is 0 Å². The van der Waals surface area contributed by atoms with Crippen LogP contribution in [0.4, 0.5) is 13.2 Å². The quantitative estimate of drug-likeness (QED) is 0.518. The second kappa shape index (κ2) is 7.47. The van der Waals surface area contributed by atoms with Crippen molar-refractivity contribution in [2.24, 2.45) is 0 Å². The number of fused-ring (bicyclic) bond motifs is 1. The Hall–Kier alpha value is -3.36. The first kappa shape index (κ1) is 19.9. The summed E-state index contributed by atoms with van der Waals surface area (Å²) in [5.41, 5.74) is 0.849. The predicted octanol–water partition coefficient (Wildman–Crippen LogP) is 3.75. The van der Waals surface area contributed by atoms with Gasteiger partial charge < -0.3 is 14.6 Å². The van der Waals surface area contributed by atoms with Crippen molar-refractivity contribution in [3.63, 3.8) is 0 Å². The molecule has 1 aromatic carbocycles. The fraction of sp³-hybridized carbons (Fsp3) is 0.286. The van der Waals surface area contributed by atoms with E-state index in [2.05, 4.69) is 9.97 Å². The normalized spacial score (nSPS) is 16.8. The number of carbonyl (C=O) groups excluding carboxylic acids is 2. The van der Waals surface area contributed by atoms with E-state index in [1.807, 2.05) is 12.1 Å². The third kappa shape index (κ3) is 3.74. The van der Waals surface area contributed by atoms with Gasteiger partial charge in [0, 0.05) is 41.8 Å². The standard InChI is InChI=1S/C21H18F3N3O3/c1-12-18(15-4-2-3-5-16(15)26-12)19(28)20(29)27-9-7-14(11-27)30-17-10-13(6-8-25-17)21(22,23)24/h2-6,8,10,14,26H,7,9,11H2,1H3. The largest absolute Gasteiger partial charge is 0.472 e. The summed E-state index contributed by atoms with van der Waals surface area (Å²) in [6.07, 6.45) is -3.62. The third-order valence-electron chi connectivity index (χ3n) is 5.10. The molecule has 30 heavy (non-hydrogen) atoms. The number of rotatable bonds is 4. The van der Waals surface area contributed by atoms with Crippen LogP contribution >= 0.6 is 0 Å². The van der Waals surface area contributed by atoms with E-state index >= 15 is 0 Å². The number of nitrogens with one attached hydrogen (secondary N) is 1. The van der Waals surface area contributed by atoms with E-state index < -0.39 is 29.5 Å². The van der Waals surface area contributed by atoms with Gasteiger partial charge in [-0.3, -0.25) is 9.59 Å². The van der Waals surface area contributed by atoms with E-state index in [-0.39, 0.29) is 19.0 Å². The molecular weight excluding hydrogens is 399 g/mol. The number of H-pyrrole nitrogens is 1. The summed E-state index contributed by atoms with van der Waals surface area (Å²) in [7, 11) is 0. The Bertz CT molecular complexity index is 1120. The van der Waals surface area contributed by atoms with Gasteiger partial charge in [0.1, 0.15) is 6.10 Å². The Morgan fingerprint density at radius 3 is 2.77 bits per heavy atom. The van der Waals surface area contributed by atoms with Crippen molar-refractivity contribution in [3.05, 3.63) is 59.4 Å². The van der Waals surface area contributed by atoms with Crippen LogP contribution in [0.1, 0.15) is 28.0 Å². The summed E-state index contributed by atoms with van der Waals surface area (Å²) in [6.45, 7) is 2.11. The van der Waals surface area contributed by atoms with Gasteiger partial charge in [-0.05, 0) is 19.1 Å². The van der Waals surface area contributed by atoms with Gasteiger partial charge in [-0.15, -0.1) is 0 Å². The Balaban J connectivity index is 1.46. The van der Waals surface area contributed by atoms with E-state index in [1.54, 1.807) is 19.1 Å². The molecule has 1 aliphatic rings. The van der Waals surface area contributed by atoms with Gasteiger partial charge in [0.15, 0.2) is 0 Å². The minimum absolute atomic E-state index is 0.101. The molecule has 2 aromatic heterocycles. The SMILES string of the molecule is Cc1[nH]c2ccccc2c1C(=O)C(=O)N1CCC(Oc2cc(C(F)(F)F)ccn2)C1. The second-order valence-corrected chi connectivity index (χ2v) is 7.16. The van der Waals surface area contributed by atoms with Crippen LogP contribution in [-0.4, -0.2) is 45.8 Å². The van der Waals surface area contributed by atoms with Crippen molar-refractivity contribution in [1.82, 2.24) is 14.9 Å². The number of Topliss-reactive ketones (excluding diaryl/α,β-unsaturated/α-hetero) is 1. The fourth-order valence-electron chi connectivity index (χ4n) is 3.65. The number of alkyl halides is 3. The van der Waals surface area contributed by atoms with Gasteiger partial charge in [0.2, 0.25) is 5.88 Å². The molecule has 0 spiro atoms. The number of nitrogens with zero attached hydrogens (tertiary/aromatic N) is 2. The van der Waals surface area contributed by atoms with E-state index in [0.29, 0.717) is 23.1 Å². The number of carbonyl (C=O) groups is 2. The van der Waals surface area contributed by atoms with Crippen LogP contribution in [0.15, 0.2) is 42.6 Å². The number of hydrogen-bond donors (Lipinski definition) is 1. The smallest absolute Gasteiger partial charge is 0.416 e. The van der Waals surface area contributed by atoms with Gasteiger partial charge in [0.25, 0.3) is 11.7 Å². The molecule has 156 valence electrons. The summed E-state index contributed by atoms with van der Waals surface area (Å²) in [5, 5.41) is 0.675. The molecule has 6 nitrogen and oxygen atoms in total. The summed E-state index contributed by atoms with van der Waals surface area (Å²) in [4.78, 5) is 33.9. The molecule has 0 saturated carbocycles. The van der Waals surface area contributed by atoms with Crippen molar-refractivity contribution in [1.29, 1.82) is 0 Å². The highest BCUT2D eigenvalue weighted by Gasteiger charge is 2.34. The molecular formula is C21H18F3N3O3. The molecule has 1 saturated heterocycles. The first-order chi connectivity index (χ1) is 14.2. The van der Waals surface area contributed by atoms with Gasteiger partial charge in [-0.1, -0.05) is 18.2 Å². The number of ketones is 1. The van der Waals surface area contributed by atoms with Crippen LogP contribution in [0.25, 0.3) is 10.9 Å².